The SMILES string of the molecule is CCC(CC)CNCCSCCC(=O)OC. The van der Waals surface area contributed by atoms with Crippen molar-refractivity contribution in [2.75, 3.05) is 31.7 Å². The summed E-state index contributed by atoms with van der Waals surface area (Å²) >= 11 is 1.80. The highest BCUT2D eigenvalue weighted by Gasteiger charge is 2.02. The van der Waals surface area contributed by atoms with Crippen LogP contribution in [-0.2, 0) is 9.53 Å². The van der Waals surface area contributed by atoms with Crippen molar-refractivity contribution in [3.63, 3.8) is 0 Å². The lowest BCUT2D eigenvalue weighted by molar-refractivity contribution is -0.140. The maximum absolute atomic E-state index is 10.8. The minimum absolute atomic E-state index is 0.113. The molecule has 0 saturated heterocycles. The Kier molecular flexibility index (Phi) is 11.1. The Balaban J connectivity index is 3.18. The lowest BCUT2D eigenvalue weighted by Crippen LogP contribution is -2.24. The van der Waals surface area contributed by atoms with Gasteiger partial charge in [0, 0.05) is 18.1 Å². The van der Waals surface area contributed by atoms with Gasteiger partial charge >= 0.3 is 5.97 Å². The van der Waals surface area contributed by atoms with Gasteiger partial charge in [0.2, 0.25) is 0 Å². The summed E-state index contributed by atoms with van der Waals surface area (Å²) in [5, 5.41) is 3.45. The summed E-state index contributed by atoms with van der Waals surface area (Å²) in [6.07, 6.45) is 3.02. The van der Waals surface area contributed by atoms with Crippen LogP contribution in [0, 0.1) is 5.92 Å². The topological polar surface area (TPSA) is 38.3 Å². The third-order valence-electron chi connectivity index (χ3n) is 2.69. The molecule has 4 heteroatoms. The largest absolute Gasteiger partial charge is 0.469 e. The van der Waals surface area contributed by atoms with E-state index in [2.05, 4.69) is 23.9 Å². The highest BCUT2D eigenvalue weighted by Crippen LogP contribution is 2.05. The summed E-state index contributed by atoms with van der Waals surface area (Å²) < 4.78 is 4.57. The van der Waals surface area contributed by atoms with E-state index in [1.165, 1.54) is 20.0 Å². The van der Waals surface area contributed by atoms with Crippen molar-refractivity contribution in [3.05, 3.63) is 0 Å². The first-order valence-electron chi connectivity index (χ1n) is 6.09. The van der Waals surface area contributed by atoms with Gasteiger partial charge in [-0.2, -0.15) is 11.8 Å². The fraction of sp³-hybridized carbons (Fsp3) is 0.917. The van der Waals surface area contributed by atoms with E-state index in [9.17, 15) is 4.79 Å². The molecule has 0 aromatic heterocycles. The molecule has 0 unspecified atom stereocenters. The van der Waals surface area contributed by atoms with Gasteiger partial charge in [-0.15, -0.1) is 0 Å². The molecule has 3 nitrogen and oxygen atoms in total. The fourth-order valence-corrected chi connectivity index (χ4v) is 2.19. The Morgan fingerprint density at radius 3 is 2.56 bits per heavy atom. The van der Waals surface area contributed by atoms with Crippen molar-refractivity contribution in [2.45, 2.75) is 33.1 Å². The second-order valence-electron chi connectivity index (χ2n) is 3.83. The minimum atomic E-state index is -0.113. The van der Waals surface area contributed by atoms with E-state index in [-0.39, 0.29) is 5.97 Å². The number of thioether (sulfide) groups is 1. The van der Waals surface area contributed by atoms with Crippen molar-refractivity contribution in [1.82, 2.24) is 5.32 Å². The number of carbonyl (C=O) groups is 1. The number of esters is 1. The predicted molar refractivity (Wildman–Crippen MR) is 70.9 cm³/mol. The number of hydrogen-bond donors (Lipinski definition) is 1. The summed E-state index contributed by atoms with van der Waals surface area (Å²) in [6, 6.07) is 0. The normalized spacial score (nSPS) is 10.8. The zero-order valence-electron chi connectivity index (χ0n) is 10.8. The maximum Gasteiger partial charge on any atom is 0.306 e. The standard InChI is InChI=1S/C12H25NO2S/c1-4-11(5-2)10-13-7-9-16-8-6-12(14)15-3/h11,13H,4-10H2,1-3H3. The first-order valence-corrected chi connectivity index (χ1v) is 7.25. The van der Waals surface area contributed by atoms with E-state index in [0.717, 1.165) is 30.5 Å². The van der Waals surface area contributed by atoms with Crippen molar-refractivity contribution in [2.24, 2.45) is 5.92 Å². The zero-order valence-corrected chi connectivity index (χ0v) is 11.6. The summed E-state index contributed by atoms with van der Waals surface area (Å²) in [5.74, 6) is 2.62. The molecule has 0 atom stereocenters. The fourth-order valence-electron chi connectivity index (χ4n) is 1.39. The quantitative estimate of drug-likeness (QED) is 0.475. The van der Waals surface area contributed by atoms with Crippen LogP contribution in [0.2, 0.25) is 0 Å². The number of ether oxygens (including phenoxy) is 1. The number of carbonyl (C=O) groups excluding carboxylic acids is 1. The second-order valence-corrected chi connectivity index (χ2v) is 5.05. The van der Waals surface area contributed by atoms with E-state index in [1.807, 2.05) is 0 Å². The summed E-state index contributed by atoms with van der Waals surface area (Å²) in [4.78, 5) is 10.8. The third-order valence-corrected chi connectivity index (χ3v) is 3.67. The van der Waals surface area contributed by atoms with Gasteiger partial charge in [0.1, 0.15) is 0 Å². The number of methoxy groups -OCH3 is 1. The molecule has 0 aliphatic heterocycles. The first kappa shape index (κ1) is 15.8. The Bertz CT molecular complexity index is 172. The molecule has 16 heavy (non-hydrogen) atoms. The summed E-state index contributed by atoms with van der Waals surface area (Å²) in [5.41, 5.74) is 0. The smallest absolute Gasteiger partial charge is 0.306 e. The van der Waals surface area contributed by atoms with Crippen LogP contribution in [0.1, 0.15) is 33.1 Å². The molecule has 0 bridgehead atoms. The van der Waals surface area contributed by atoms with E-state index >= 15 is 0 Å². The molecule has 1 N–H and O–H groups in total. The highest BCUT2D eigenvalue weighted by molar-refractivity contribution is 7.99. The molecule has 0 radical (unpaired) electrons. The number of rotatable bonds is 10. The van der Waals surface area contributed by atoms with Crippen LogP contribution in [-0.4, -0.2) is 37.7 Å². The first-order chi connectivity index (χ1) is 7.74. The van der Waals surface area contributed by atoms with E-state index in [0.29, 0.717) is 6.42 Å². The van der Waals surface area contributed by atoms with Crippen LogP contribution in [0.25, 0.3) is 0 Å². The average molecular weight is 247 g/mol. The molecule has 0 heterocycles. The van der Waals surface area contributed by atoms with Gasteiger partial charge in [0.25, 0.3) is 0 Å². The molecular weight excluding hydrogens is 222 g/mol. The van der Waals surface area contributed by atoms with Crippen molar-refractivity contribution in [3.8, 4) is 0 Å². The van der Waals surface area contributed by atoms with Crippen molar-refractivity contribution in [1.29, 1.82) is 0 Å². The molecule has 0 aliphatic carbocycles. The van der Waals surface area contributed by atoms with Crippen LogP contribution < -0.4 is 5.32 Å². The van der Waals surface area contributed by atoms with Crippen molar-refractivity contribution >= 4 is 17.7 Å². The minimum Gasteiger partial charge on any atom is -0.469 e. The Morgan fingerprint density at radius 1 is 1.31 bits per heavy atom. The molecule has 0 spiro atoms. The van der Waals surface area contributed by atoms with Gasteiger partial charge in [-0.1, -0.05) is 26.7 Å². The van der Waals surface area contributed by atoms with E-state index < -0.39 is 0 Å². The average Bonchev–Trinajstić information content (AvgIpc) is 2.32. The van der Waals surface area contributed by atoms with Crippen LogP contribution in [0.5, 0.6) is 0 Å². The van der Waals surface area contributed by atoms with Crippen LogP contribution in [0.4, 0.5) is 0 Å². The molecule has 0 aliphatic rings. The Hall–Kier alpha value is -0.220. The van der Waals surface area contributed by atoms with Gasteiger partial charge in [-0.05, 0) is 12.5 Å². The lowest BCUT2D eigenvalue weighted by Gasteiger charge is -2.12. The molecule has 0 fully saturated rings. The predicted octanol–water partition coefficient (Wildman–Crippen LogP) is 2.31. The Morgan fingerprint density at radius 2 is 2.00 bits per heavy atom. The van der Waals surface area contributed by atoms with Crippen LogP contribution in [0.15, 0.2) is 0 Å². The van der Waals surface area contributed by atoms with Crippen molar-refractivity contribution < 1.29 is 9.53 Å². The monoisotopic (exact) mass is 247 g/mol. The highest BCUT2D eigenvalue weighted by atomic mass is 32.2. The van der Waals surface area contributed by atoms with Gasteiger partial charge < -0.3 is 10.1 Å². The van der Waals surface area contributed by atoms with E-state index in [4.69, 9.17) is 0 Å². The van der Waals surface area contributed by atoms with Gasteiger partial charge in [-0.3, -0.25) is 4.79 Å². The van der Waals surface area contributed by atoms with Crippen LogP contribution >= 0.6 is 11.8 Å². The maximum atomic E-state index is 10.8. The number of nitrogens with one attached hydrogen (secondary N) is 1. The molecule has 0 aromatic rings. The van der Waals surface area contributed by atoms with Crippen LogP contribution in [0.3, 0.4) is 0 Å². The van der Waals surface area contributed by atoms with E-state index in [1.54, 1.807) is 11.8 Å². The second kappa shape index (κ2) is 11.3. The third kappa shape index (κ3) is 9.04. The Labute approximate surface area is 104 Å². The van der Waals surface area contributed by atoms with Gasteiger partial charge in [-0.25, -0.2) is 0 Å². The summed E-state index contributed by atoms with van der Waals surface area (Å²) in [6.45, 7) is 6.62. The summed E-state index contributed by atoms with van der Waals surface area (Å²) in [7, 11) is 1.43. The molecule has 96 valence electrons. The number of hydrogen-bond acceptors (Lipinski definition) is 4. The lowest BCUT2D eigenvalue weighted by atomic mass is 10.0. The van der Waals surface area contributed by atoms with Gasteiger partial charge in [0.15, 0.2) is 0 Å². The molecule has 0 aromatic carbocycles. The molecule has 0 amide bonds. The molecular formula is C12H25NO2S. The molecule has 0 rings (SSSR count). The zero-order chi connectivity index (χ0) is 12.2. The molecule has 0 saturated carbocycles. The van der Waals surface area contributed by atoms with Gasteiger partial charge in [0.05, 0.1) is 13.5 Å².